The summed E-state index contributed by atoms with van der Waals surface area (Å²) in [4.78, 5) is 31.6. The molecule has 1 spiro atoms. The fourth-order valence-corrected chi connectivity index (χ4v) is 4.04. The molecule has 1 atom stereocenters. The molecular weight excluding hydrogens is 366 g/mol. The van der Waals surface area contributed by atoms with E-state index in [0.717, 1.165) is 37.1 Å². The van der Waals surface area contributed by atoms with Crippen molar-refractivity contribution < 1.29 is 14.3 Å². The Morgan fingerprint density at radius 3 is 2.38 bits per heavy atom. The van der Waals surface area contributed by atoms with Crippen LogP contribution in [-0.2, 0) is 4.79 Å². The van der Waals surface area contributed by atoms with Crippen LogP contribution in [0.15, 0.2) is 42.5 Å². The van der Waals surface area contributed by atoms with Gasteiger partial charge in [-0.25, -0.2) is 4.98 Å². The molecule has 2 heterocycles. The Morgan fingerprint density at radius 1 is 1.07 bits per heavy atom. The Kier molecular flexibility index (Phi) is 5.26. The van der Waals surface area contributed by atoms with Gasteiger partial charge in [-0.3, -0.25) is 9.59 Å². The molecule has 152 valence electrons. The lowest BCUT2D eigenvalue weighted by Crippen LogP contribution is -2.49. The van der Waals surface area contributed by atoms with Gasteiger partial charge >= 0.3 is 0 Å². The highest BCUT2D eigenvalue weighted by Crippen LogP contribution is 2.53. The average molecular weight is 393 g/mol. The fraction of sp³-hybridized carbons (Fsp3) is 0.435. The molecule has 29 heavy (non-hydrogen) atoms. The third-order valence-corrected chi connectivity index (χ3v) is 6.18. The number of methoxy groups -OCH3 is 1. The maximum atomic E-state index is 12.7. The summed E-state index contributed by atoms with van der Waals surface area (Å²) >= 11 is 0. The molecule has 2 fully saturated rings. The predicted octanol–water partition coefficient (Wildman–Crippen LogP) is 3.28. The van der Waals surface area contributed by atoms with E-state index in [2.05, 4.69) is 10.3 Å². The minimum absolute atomic E-state index is 0.0262. The zero-order valence-corrected chi connectivity index (χ0v) is 17.0. The number of ether oxygens (including phenoxy) is 1. The van der Waals surface area contributed by atoms with E-state index in [9.17, 15) is 9.59 Å². The summed E-state index contributed by atoms with van der Waals surface area (Å²) in [6, 6.07) is 12.6. The van der Waals surface area contributed by atoms with E-state index in [4.69, 9.17) is 4.74 Å². The second-order valence-corrected chi connectivity index (χ2v) is 8.14. The number of aromatic nitrogens is 1. The molecule has 0 bridgehead atoms. The molecule has 0 unspecified atom stereocenters. The highest BCUT2D eigenvalue weighted by Gasteiger charge is 2.45. The third-order valence-electron chi connectivity index (χ3n) is 6.18. The molecule has 4 rings (SSSR count). The Hall–Kier alpha value is -2.89. The number of benzene rings is 1. The first-order valence-electron chi connectivity index (χ1n) is 10.2. The van der Waals surface area contributed by atoms with Crippen molar-refractivity contribution in [2.75, 3.05) is 20.2 Å². The van der Waals surface area contributed by atoms with Crippen molar-refractivity contribution in [1.82, 2.24) is 15.2 Å². The van der Waals surface area contributed by atoms with Crippen molar-refractivity contribution in [2.24, 2.45) is 5.41 Å². The summed E-state index contributed by atoms with van der Waals surface area (Å²) < 4.78 is 5.40. The maximum Gasteiger partial charge on any atom is 0.270 e. The number of carbonyl (C=O) groups is 2. The SMILES string of the molecule is COc1nc(C(=O)N[C@H](C)C(=O)N2CCC3(CC2)CC3)ccc1-c1ccccc1. The molecule has 1 saturated heterocycles. The number of hydrogen-bond acceptors (Lipinski definition) is 4. The van der Waals surface area contributed by atoms with Crippen LogP contribution in [0, 0.1) is 5.41 Å². The first-order chi connectivity index (χ1) is 14.0. The monoisotopic (exact) mass is 393 g/mol. The van der Waals surface area contributed by atoms with Crippen LogP contribution in [0.1, 0.15) is 43.1 Å². The number of carbonyl (C=O) groups excluding carboxylic acids is 2. The van der Waals surface area contributed by atoms with E-state index >= 15 is 0 Å². The van der Waals surface area contributed by atoms with Gasteiger partial charge in [-0.2, -0.15) is 0 Å². The molecule has 2 aromatic rings. The van der Waals surface area contributed by atoms with Crippen LogP contribution in [0.4, 0.5) is 0 Å². The highest BCUT2D eigenvalue weighted by atomic mass is 16.5. The van der Waals surface area contributed by atoms with Crippen LogP contribution in [0.2, 0.25) is 0 Å². The first-order valence-corrected chi connectivity index (χ1v) is 10.2. The molecule has 1 saturated carbocycles. The molecule has 1 aromatic heterocycles. The minimum Gasteiger partial charge on any atom is -0.481 e. The molecule has 2 aliphatic rings. The topological polar surface area (TPSA) is 71.5 Å². The van der Waals surface area contributed by atoms with Crippen molar-refractivity contribution in [2.45, 2.75) is 38.6 Å². The van der Waals surface area contributed by atoms with E-state index in [1.54, 1.807) is 13.0 Å². The van der Waals surface area contributed by atoms with Gasteiger partial charge in [0.2, 0.25) is 11.8 Å². The van der Waals surface area contributed by atoms with Gasteiger partial charge in [0.1, 0.15) is 11.7 Å². The van der Waals surface area contributed by atoms with Gasteiger partial charge in [0, 0.05) is 18.7 Å². The molecule has 1 aliphatic carbocycles. The van der Waals surface area contributed by atoms with Gasteiger partial charge in [0.05, 0.1) is 7.11 Å². The summed E-state index contributed by atoms with van der Waals surface area (Å²) in [5, 5.41) is 2.79. The van der Waals surface area contributed by atoms with Gasteiger partial charge in [0.25, 0.3) is 5.91 Å². The van der Waals surface area contributed by atoms with Crippen LogP contribution >= 0.6 is 0 Å². The smallest absolute Gasteiger partial charge is 0.270 e. The van der Waals surface area contributed by atoms with E-state index in [0.29, 0.717) is 11.3 Å². The third kappa shape index (κ3) is 4.11. The lowest BCUT2D eigenvalue weighted by molar-refractivity contribution is -0.134. The lowest BCUT2D eigenvalue weighted by Gasteiger charge is -2.33. The number of nitrogens with one attached hydrogen (secondary N) is 1. The summed E-state index contributed by atoms with van der Waals surface area (Å²) in [5.74, 6) is -0.0188. The summed E-state index contributed by atoms with van der Waals surface area (Å²) in [6.07, 6.45) is 4.76. The van der Waals surface area contributed by atoms with Gasteiger partial charge in [0.15, 0.2) is 0 Å². The average Bonchev–Trinajstić information content (AvgIpc) is 3.52. The zero-order valence-electron chi connectivity index (χ0n) is 17.0. The molecule has 1 aliphatic heterocycles. The Bertz CT molecular complexity index is 899. The van der Waals surface area contributed by atoms with Crippen LogP contribution in [0.5, 0.6) is 5.88 Å². The lowest BCUT2D eigenvalue weighted by atomic mass is 9.93. The van der Waals surface area contributed by atoms with Crippen molar-refractivity contribution in [1.29, 1.82) is 0 Å². The first kappa shape index (κ1) is 19.4. The fourth-order valence-electron chi connectivity index (χ4n) is 4.04. The largest absolute Gasteiger partial charge is 0.481 e. The Labute approximate surface area is 171 Å². The number of nitrogens with zero attached hydrogens (tertiary/aromatic N) is 2. The summed E-state index contributed by atoms with van der Waals surface area (Å²) in [6.45, 7) is 3.31. The minimum atomic E-state index is -0.586. The van der Waals surface area contributed by atoms with Crippen LogP contribution in [0.3, 0.4) is 0 Å². The second kappa shape index (κ2) is 7.85. The van der Waals surface area contributed by atoms with Crippen molar-refractivity contribution >= 4 is 11.8 Å². The van der Waals surface area contributed by atoms with Crippen molar-refractivity contribution in [3.63, 3.8) is 0 Å². The highest BCUT2D eigenvalue weighted by molar-refractivity contribution is 5.96. The number of likely N-dealkylation sites (tertiary alicyclic amines) is 1. The predicted molar refractivity (Wildman–Crippen MR) is 111 cm³/mol. The number of hydrogen-bond donors (Lipinski definition) is 1. The molecule has 6 nitrogen and oxygen atoms in total. The van der Waals surface area contributed by atoms with Gasteiger partial charge < -0.3 is 15.0 Å². The summed E-state index contributed by atoms with van der Waals surface area (Å²) in [5.41, 5.74) is 2.53. The van der Waals surface area contributed by atoms with Gasteiger partial charge in [-0.1, -0.05) is 30.3 Å². The molecule has 0 radical (unpaired) electrons. The number of rotatable bonds is 5. The quantitative estimate of drug-likeness (QED) is 0.846. The summed E-state index contributed by atoms with van der Waals surface area (Å²) in [7, 11) is 1.53. The second-order valence-electron chi connectivity index (χ2n) is 8.14. The standard InChI is InChI=1S/C23H27N3O3/c1-16(22(28)26-14-12-23(10-11-23)13-15-26)24-20(27)19-9-8-18(21(25-19)29-2)17-6-4-3-5-7-17/h3-9,16H,10-15H2,1-2H3,(H,24,27)/t16-/m1/s1. The van der Waals surface area contributed by atoms with Crippen molar-refractivity contribution in [3.8, 4) is 17.0 Å². The molecule has 1 N–H and O–H groups in total. The van der Waals surface area contributed by atoms with Gasteiger partial charge in [-0.15, -0.1) is 0 Å². The van der Waals surface area contributed by atoms with Crippen LogP contribution in [-0.4, -0.2) is 47.9 Å². The number of pyridine rings is 1. The molecular formula is C23H27N3O3. The van der Waals surface area contributed by atoms with E-state index in [1.807, 2.05) is 41.3 Å². The molecule has 2 amide bonds. The molecule has 6 heteroatoms. The number of amides is 2. The zero-order chi connectivity index (χ0) is 20.4. The van der Waals surface area contributed by atoms with Gasteiger partial charge in [-0.05, 0) is 55.7 Å². The Morgan fingerprint density at radius 2 is 1.76 bits per heavy atom. The maximum absolute atomic E-state index is 12.7. The Balaban J connectivity index is 1.41. The van der Waals surface area contributed by atoms with Crippen molar-refractivity contribution in [3.05, 3.63) is 48.2 Å². The van der Waals surface area contributed by atoms with E-state index < -0.39 is 6.04 Å². The molecule has 1 aromatic carbocycles. The number of piperidine rings is 1. The van der Waals surface area contributed by atoms with E-state index in [-0.39, 0.29) is 17.5 Å². The van der Waals surface area contributed by atoms with E-state index in [1.165, 1.54) is 20.0 Å². The van der Waals surface area contributed by atoms with Crippen LogP contribution in [0.25, 0.3) is 11.1 Å². The van der Waals surface area contributed by atoms with Crippen LogP contribution < -0.4 is 10.1 Å². The normalized spacial score (nSPS) is 18.2.